The lowest BCUT2D eigenvalue weighted by atomic mass is 9.90. The van der Waals surface area contributed by atoms with Crippen LogP contribution in [0, 0.1) is 0 Å². The minimum absolute atomic E-state index is 0.0650. The van der Waals surface area contributed by atoms with Gasteiger partial charge in [0.2, 0.25) is 0 Å². The molecule has 1 aromatic carbocycles. The molecule has 0 saturated carbocycles. The smallest absolute Gasteiger partial charge is 0.257 e. The topological polar surface area (TPSA) is 69.2 Å². The highest BCUT2D eigenvalue weighted by Crippen LogP contribution is 2.35. The average Bonchev–Trinajstić information content (AvgIpc) is 3.15. The summed E-state index contributed by atoms with van der Waals surface area (Å²) in [5.74, 6) is 1.93. The monoisotopic (exact) mass is 355 g/mol. The SMILES string of the molecule is CC(C)c1cc(C(=O)N2CCC(c3ncc[nH]3)CC2)c(O)c(C(C)C)c1. The van der Waals surface area contributed by atoms with Crippen molar-refractivity contribution >= 4 is 5.91 Å². The van der Waals surface area contributed by atoms with Gasteiger partial charge in [0.15, 0.2) is 0 Å². The van der Waals surface area contributed by atoms with Crippen molar-refractivity contribution in [2.45, 2.75) is 58.3 Å². The maximum absolute atomic E-state index is 13.1. The van der Waals surface area contributed by atoms with Crippen LogP contribution < -0.4 is 0 Å². The third-order valence-corrected chi connectivity index (χ3v) is 5.37. The number of benzene rings is 1. The molecule has 1 aromatic heterocycles. The van der Waals surface area contributed by atoms with Gasteiger partial charge >= 0.3 is 0 Å². The lowest BCUT2D eigenvalue weighted by Gasteiger charge is -2.31. The molecule has 0 atom stereocenters. The number of piperidine rings is 1. The number of imidazole rings is 1. The maximum Gasteiger partial charge on any atom is 0.257 e. The van der Waals surface area contributed by atoms with E-state index < -0.39 is 0 Å². The molecule has 0 unspecified atom stereocenters. The minimum atomic E-state index is -0.0650. The molecule has 3 rings (SSSR count). The second kappa shape index (κ2) is 7.52. The van der Waals surface area contributed by atoms with Crippen molar-refractivity contribution < 1.29 is 9.90 Å². The molecule has 1 aliphatic heterocycles. The van der Waals surface area contributed by atoms with E-state index in [2.05, 4.69) is 23.8 Å². The van der Waals surface area contributed by atoms with Crippen molar-refractivity contribution in [2.24, 2.45) is 0 Å². The number of nitrogens with one attached hydrogen (secondary N) is 1. The number of H-pyrrole nitrogens is 1. The van der Waals surface area contributed by atoms with E-state index in [1.807, 2.05) is 37.1 Å². The van der Waals surface area contributed by atoms with Gasteiger partial charge in [0.1, 0.15) is 11.6 Å². The number of carbonyl (C=O) groups excluding carboxylic acids is 1. The Morgan fingerprint density at radius 3 is 2.42 bits per heavy atom. The van der Waals surface area contributed by atoms with Crippen molar-refractivity contribution in [2.75, 3.05) is 13.1 Å². The number of hydrogen-bond donors (Lipinski definition) is 2. The molecule has 1 aliphatic rings. The number of aromatic amines is 1. The standard InChI is InChI=1S/C21H29N3O2/c1-13(2)16-11-17(14(3)4)19(25)18(12-16)21(26)24-9-5-15(6-10-24)20-22-7-8-23-20/h7-8,11-15,25H,5-6,9-10H2,1-4H3,(H,22,23). The van der Waals surface area contributed by atoms with Gasteiger partial charge in [-0.15, -0.1) is 0 Å². The van der Waals surface area contributed by atoms with Crippen LogP contribution in [0.25, 0.3) is 0 Å². The van der Waals surface area contributed by atoms with Crippen LogP contribution in [0.5, 0.6) is 5.75 Å². The van der Waals surface area contributed by atoms with E-state index in [4.69, 9.17) is 0 Å². The summed E-state index contributed by atoms with van der Waals surface area (Å²) in [6, 6.07) is 3.90. The van der Waals surface area contributed by atoms with Gasteiger partial charge in [-0.1, -0.05) is 33.8 Å². The van der Waals surface area contributed by atoms with Crippen LogP contribution in [0.1, 0.15) is 85.6 Å². The number of rotatable bonds is 4. The van der Waals surface area contributed by atoms with Crippen LogP contribution in [0.4, 0.5) is 0 Å². The Morgan fingerprint density at radius 2 is 1.88 bits per heavy atom. The molecule has 5 nitrogen and oxygen atoms in total. The quantitative estimate of drug-likeness (QED) is 0.855. The first-order valence-electron chi connectivity index (χ1n) is 9.53. The molecule has 2 N–H and O–H groups in total. The lowest BCUT2D eigenvalue weighted by molar-refractivity contribution is 0.0708. The molecule has 140 valence electrons. The predicted octanol–water partition coefficient (Wildman–Crippen LogP) is 4.38. The van der Waals surface area contributed by atoms with Crippen molar-refractivity contribution in [1.82, 2.24) is 14.9 Å². The zero-order chi connectivity index (χ0) is 18.8. The average molecular weight is 355 g/mol. The summed E-state index contributed by atoms with van der Waals surface area (Å²) in [4.78, 5) is 22.5. The van der Waals surface area contributed by atoms with Crippen LogP contribution in [-0.4, -0.2) is 39.0 Å². The van der Waals surface area contributed by atoms with Gasteiger partial charge in [0.25, 0.3) is 5.91 Å². The highest BCUT2D eigenvalue weighted by Gasteiger charge is 2.28. The number of carbonyl (C=O) groups is 1. The first kappa shape index (κ1) is 18.5. The molecule has 1 saturated heterocycles. The summed E-state index contributed by atoms with van der Waals surface area (Å²) >= 11 is 0. The Morgan fingerprint density at radius 1 is 1.19 bits per heavy atom. The first-order valence-corrected chi connectivity index (χ1v) is 9.53. The second-order valence-corrected chi connectivity index (χ2v) is 7.86. The Bertz CT molecular complexity index is 758. The van der Waals surface area contributed by atoms with Crippen LogP contribution in [0.15, 0.2) is 24.5 Å². The molecule has 5 heteroatoms. The fraction of sp³-hybridized carbons (Fsp3) is 0.524. The molecule has 0 aliphatic carbocycles. The van der Waals surface area contributed by atoms with Crippen molar-refractivity contribution in [3.8, 4) is 5.75 Å². The molecular weight excluding hydrogens is 326 g/mol. The zero-order valence-electron chi connectivity index (χ0n) is 16.1. The Kier molecular flexibility index (Phi) is 5.35. The highest BCUT2D eigenvalue weighted by atomic mass is 16.3. The summed E-state index contributed by atoms with van der Waals surface area (Å²) in [6.07, 6.45) is 5.40. The third-order valence-electron chi connectivity index (χ3n) is 5.37. The van der Waals surface area contributed by atoms with Crippen LogP contribution in [0.3, 0.4) is 0 Å². The van der Waals surface area contributed by atoms with Crippen molar-refractivity contribution in [3.63, 3.8) is 0 Å². The Hall–Kier alpha value is -2.30. The highest BCUT2D eigenvalue weighted by molar-refractivity contribution is 5.97. The summed E-state index contributed by atoms with van der Waals surface area (Å²) < 4.78 is 0. The largest absolute Gasteiger partial charge is 0.507 e. The summed E-state index contributed by atoms with van der Waals surface area (Å²) in [6.45, 7) is 9.68. The minimum Gasteiger partial charge on any atom is -0.507 e. The van der Waals surface area contributed by atoms with Crippen LogP contribution >= 0.6 is 0 Å². The van der Waals surface area contributed by atoms with Crippen LogP contribution in [-0.2, 0) is 0 Å². The molecule has 0 bridgehead atoms. The molecule has 0 radical (unpaired) electrons. The molecule has 0 spiro atoms. The number of aromatic nitrogens is 2. The molecule has 1 fully saturated rings. The number of aromatic hydroxyl groups is 1. The van der Waals surface area contributed by atoms with Gasteiger partial charge in [-0.25, -0.2) is 4.98 Å². The van der Waals surface area contributed by atoms with E-state index in [1.165, 1.54) is 0 Å². The van der Waals surface area contributed by atoms with Gasteiger partial charge in [0, 0.05) is 31.4 Å². The van der Waals surface area contributed by atoms with E-state index >= 15 is 0 Å². The summed E-state index contributed by atoms with van der Waals surface area (Å²) in [7, 11) is 0. The first-order chi connectivity index (χ1) is 12.4. The van der Waals surface area contributed by atoms with E-state index in [0.29, 0.717) is 30.5 Å². The van der Waals surface area contributed by atoms with E-state index in [1.54, 1.807) is 6.20 Å². The number of nitrogens with zero attached hydrogens (tertiary/aromatic N) is 2. The van der Waals surface area contributed by atoms with Crippen molar-refractivity contribution in [1.29, 1.82) is 0 Å². The lowest BCUT2D eigenvalue weighted by Crippen LogP contribution is -2.38. The van der Waals surface area contributed by atoms with Gasteiger partial charge in [-0.05, 0) is 41.9 Å². The Balaban J connectivity index is 1.81. The van der Waals surface area contributed by atoms with Crippen molar-refractivity contribution in [3.05, 3.63) is 47.0 Å². The Labute approximate surface area is 155 Å². The number of likely N-dealkylation sites (tertiary alicyclic amines) is 1. The maximum atomic E-state index is 13.1. The van der Waals surface area contributed by atoms with Gasteiger partial charge < -0.3 is 15.0 Å². The molecular formula is C21H29N3O2. The zero-order valence-corrected chi connectivity index (χ0v) is 16.1. The molecule has 2 aromatic rings. The summed E-state index contributed by atoms with van der Waals surface area (Å²) in [5.41, 5.74) is 2.39. The van der Waals surface area contributed by atoms with E-state index in [0.717, 1.165) is 29.8 Å². The molecule has 26 heavy (non-hydrogen) atoms. The van der Waals surface area contributed by atoms with Gasteiger partial charge in [-0.2, -0.15) is 0 Å². The normalized spacial score (nSPS) is 15.8. The third kappa shape index (κ3) is 3.62. The predicted molar refractivity (Wildman–Crippen MR) is 103 cm³/mol. The van der Waals surface area contributed by atoms with E-state index in [9.17, 15) is 9.90 Å². The fourth-order valence-corrected chi connectivity index (χ4v) is 3.64. The van der Waals surface area contributed by atoms with Gasteiger partial charge in [-0.3, -0.25) is 4.79 Å². The number of phenols is 1. The summed E-state index contributed by atoms with van der Waals surface area (Å²) in [5, 5.41) is 10.7. The van der Waals surface area contributed by atoms with E-state index in [-0.39, 0.29) is 17.6 Å². The molecule has 2 heterocycles. The fourth-order valence-electron chi connectivity index (χ4n) is 3.64. The molecule has 1 amide bonds. The number of phenolic OH excluding ortho intramolecular Hbond substituents is 1. The number of amides is 1. The second-order valence-electron chi connectivity index (χ2n) is 7.86. The van der Waals surface area contributed by atoms with Crippen LogP contribution in [0.2, 0.25) is 0 Å². The van der Waals surface area contributed by atoms with Gasteiger partial charge in [0.05, 0.1) is 5.56 Å². The number of hydrogen-bond acceptors (Lipinski definition) is 3.